The fourth-order valence-corrected chi connectivity index (χ4v) is 5.45. The van der Waals surface area contributed by atoms with Gasteiger partial charge >= 0.3 is 5.97 Å². The lowest BCUT2D eigenvalue weighted by Crippen LogP contribution is -2.52. The number of carboxylic acids is 1. The Morgan fingerprint density at radius 1 is 1.23 bits per heavy atom. The summed E-state index contributed by atoms with van der Waals surface area (Å²) in [5.74, 6) is -0.438. The number of nitrogens with zero attached hydrogens (tertiary/aromatic N) is 3. The van der Waals surface area contributed by atoms with Crippen LogP contribution in [0.15, 0.2) is 24.5 Å². The maximum Gasteiger partial charge on any atom is 0.315 e. The van der Waals surface area contributed by atoms with E-state index in [-0.39, 0.29) is 17.9 Å². The van der Waals surface area contributed by atoms with Gasteiger partial charge in [0.05, 0.1) is 24.2 Å². The molecule has 1 saturated carbocycles. The molecule has 6 nitrogen and oxygen atoms in total. The number of rotatable bonds is 5. The molecule has 3 rings (SSSR count). The Labute approximate surface area is 185 Å². The van der Waals surface area contributed by atoms with Crippen molar-refractivity contribution < 1.29 is 18.7 Å². The molecular weight excluding hydrogens is 413 g/mol. The first-order valence-electron chi connectivity index (χ1n) is 10.8. The summed E-state index contributed by atoms with van der Waals surface area (Å²) in [6.07, 6.45) is 1.59. The van der Waals surface area contributed by atoms with Gasteiger partial charge in [0.25, 0.3) is 0 Å². The first-order chi connectivity index (χ1) is 14.3. The van der Waals surface area contributed by atoms with Crippen LogP contribution in [-0.4, -0.2) is 46.2 Å². The van der Waals surface area contributed by atoms with E-state index in [4.69, 9.17) is 4.43 Å². The molecular formula is C23H34FN3O3Si. The number of alkyl halides is 1. The normalized spacial score (nSPS) is 24.9. The Bertz CT molecular complexity index is 932. The molecule has 2 aromatic heterocycles. The third-order valence-corrected chi connectivity index (χ3v) is 11.6. The molecule has 0 spiro atoms. The lowest BCUT2D eigenvalue weighted by atomic mass is 9.70. The van der Waals surface area contributed by atoms with Crippen molar-refractivity contribution in [1.82, 2.24) is 14.5 Å². The molecule has 1 aliphatic carbocycles. The van der Waals surface area contributed by atoms with Crippen LogP contribution in [0.2, 0.25) is 18.1 Å². The monoisotopic (exact) mass is 447 g/mol. The Kier molecular flexibility index (Phi) is 6.19. The highest BCUT2D eigenvalue weighted by atomic mass is 28.4. The summed E-state index contributed by atoms with van der Waals surface area (Å²) < 4.78 is 23.5. The van der Waals surface area contributed by atoms with Crippen LogP contribution in [0.3, 0.4) is 0 Å². The van der Waals surface area contributed by atoms with Crippen molar-refractivity contribution in [1.29, 1.82) is 0 Å². The summed E-state index contributed by atoms with van der Waals surface area (Å²) in [5, 5.41) is 10.0. The quantitative estimate of drug-likeness (QED) is 0.644. The van der Waals surface area contributed by atoms with Gasteiger partial charge < -0.3 is 14.1 Å². The average molecular weight is 448 g/mol. The zero-order chi connectivity index (χ0) is 23.2. The zero-order valence-corrected chi connectivity index (χ0v) is 20.6. The van der Waals surface area contributed by atoms with Crippen LogP contribution in [0.5, 0.6) is 0 Å². The Morgan fingerprint density at radius 3 is 2.29 bits per heavy atom. The van der Waals surface area contributed by atoms with E-state index < -0.39 is 32.0 Å². The summed E-state index contributed by atoms with van der Waals surface area (Å²) in [7, 11) is -2.15. The van der Waals surface area contributed by atoms with Gasteiger partial charge in [0.2, 0.25) is 0 Å². The van der Waals surface area contributed by atoms with Gasteiger partial charge in [-0.1, -0.05) is 20.8 Å². The standard InChI is InChI=1S/C23H34FN3O3Si/c1-15-8-9-16(2)27(15)20-14-25-19(13-26-20)23(21(28)29)11-10-18(17(24)12-23)30-31(6,7)22(3,4)5/h8-9,13-14,17-18H,10-12H2,1-7H3,(H,28,29)/t17-,18-,23-/m0/s1. The van der Waals surface area contributed by atoms with E-state index in [0.29, 0.717) is 17.9 Å². The Morgan fingerprint density at radius 2 is 1.84 bits per heavy atom. The van der Waals surface area contributed by atoms with E-state index in [1.807, 2.05) is 30.5 Å². The van der Waals surface area contributed by atoms with Crippen molar-refractivity contribution in [3.05, 3.63) is 41.6 Å². The molecule has 1 fully saturated rings. The van der Waals surface area contributed by atoms with Crippen LogP contribution in [0.4, 0.5) is 4.39 Å². The number of carbonyl (C=O) groups is 1. The topological polar surface area (TPSA) is 77.2 Å². The molecule has 0 aromatic carbocycles. The summed E-state index contributed by atoms with van der Waals surface area (Å²) in [6, 6.07) is 3.97. The molecule has 3 atom stereocenters. The predicted molar refractivity (Wildman–Crippen MR) is 121 cm³/mol. The lowest BCUT2D eigenvalue weighted by molar-refractivity contribution is -0.148. The van der Waals surface area contributed by atoms with Crippen molar-refractivity contribution in [3.8, 4) is 5.82 Å². The fourth-order valence-electron chi connectivity index (χ4n) is 4.07. The first kappa shape index (κ1) is 23.6. The van der Waals surface area contributed by atoms with Crippen molar-refractivity contribution in [2.75, 3.05) is 0 Å². The second-order valence-electron chi connectivity index (χ2n) is 10.3. The van der Waals surface area contributed by atoms with Gasteiger partial charge in [-0.25, -0.2) is 9.37 Å². The van der Waals surface area contributed by atoms with Gasteiger partial charge in [-0.15, -0.1) is 0 Å². The average Bonchev–Trinajstić information content (AvgIpc) is 3.00. The Balaban J connectivity index is 1.85. The summed E-state index contributed by atoms with van der Waals surface area (Å²) in [5.41, 5.74) is 0.942. The molecule has 0 aliphatic heterocycles. The van der Waals surface area contributed by atoms with Gasteiger partial charge in [0.1, 0.15) is 11.6 Å². The zero-order valence-electron chi connectivity index (χ0n) is 19.6. The number of carboxylic acid groups (broad SMARTS) is 1. The van der Waals surface area contributed by atoms with E-state index >= 15 is 4.39 Å². The highest BCUT2D eigenvalue weighted by molar-refractivity contribution is 6.74. The highest BCUT2D eigenvalue weighted by Crippen LogP contribution is 2.44. The number of hydrogen-bond donors (Lipinski definition) is 1. The first-order valence-corrected chi connectivity index (χ1v) is 13.7. The molecule has 31 heavy (non-hydrogen) atoms. The Hall–Kier alpha value is -2.06. The van der Waals surface area contributed by atoms with Gasteiger partial charge in [-0.05, 0) is 57.0 Å². The fraction of sp³-hybridized carbons (Fsp3) is 0.609. The summed E-state index contributed by atoms with van der Waals surface area (Å²) >= 11 is 0. The van der Waals surface area contributed by atoms with Crippen molar-refractivity contribution in [2.45, 2.75) is 89.7 Å². The predicted octanol–water partition coefficient (Wildman–Crippen LogP) is 5.12. The summed E-state index contributed by atoms with van der Waals surface area (Å²) in [6.45, 7) is 14.5. The SMILES string of the molecule is Cc1ccc(C)n1-c1cnc([C@]2(C(=O)O)CC[C@H](O[Si](C)(C)C(C)(C)C)[C@@H](F)C2)cn1. The third-order valence-electron chi connectivity index (χ3n) is 7.09. The minimum absolute atomic E-state index is 0.0376. The molecule has 0 bridgehead atoms. The van der Waals surface area contributed by atoms with E-state index in [2.05, 4.69) is 43.8 Å². The van der Waals surface area contributed by atoms with Crippen LogP contribution in [0, 0.1) is 13.8 Å². The van der Waals surface area contributed by atoms with Crippen molar-refractivity contribution in [3.63, 3.8) is 0 Å². The number of aromatic nitrogens is 3. The second-order valence-corrected chi connectivity index (χ2v) is 15.0. The maximum atomic E-state index is 15.3. The number of aliphatic carboxylic acids is 1. The number of aryl methyl sites for hydroxylation is 2. The van der Waals surface area contributed by atoms with E-state index in [0.717, 1.165) is 11.4 Å². The molecule has 2 heterocycles. The van der Waals surface area contributed by atoms with Crippen LogP contribution < -0.4 is 0 Å². The molecule has 8 heteroatoms. The van der Waals surface area contributed by atoms with Gasteiger partial charge in [-0.3, -0.25) is 9.78 Å². The molecule has 0 radical (unpaired) electrons. The van der Waals surface area contributed by atoms with E-state index in [1.165, 1.54) is 6.20 Å². The second kappa shape index (κ2) is 8.13. The van der Waals surface area contributed by atoms with Gasteiger partial charge in [0, 0.05) is 17.8 Å². The molecule has 2 aromatic rings. The largest absolute Gasteiger partial charge is 0.481 e. The van der Waals surface area contributed by atoms with Crippen LogP contribution in [-0.2, 0) is 14.6 Å². The molecule has 1 aliphatic rings. The van der Waals surface area contributed by atoms with Crippen LogP contribution in [0.1, 0.15) is 57.1 Å². The van der Waals surface area contributed by atoms with Crippen molar-refractivity contribution in [2.24, 2.45) is 0 Å². The molecule has 0 amide bonds. The van der Waals surface area contributed by atoms with Crippen molar-refractivity contribution >= 4 is 14.3 Å². The minimum atomic E-state index is -2.15. The molecule has 0 saturated heterocycles. The maximum absolute atomic E-state index is 15.3. The molecule has 1 N–H and O–H groups in total. The van der Waals surface area contributed by atoms with E-state index in [1.54, 1.807) is 6.20 Å². The van der Waals surface area contributed by atoms with Crippen LogP contribution in [0.25, 0.3) is 5.82 Å². The summed E-state index contributed by atoms with van der Waals surface area (Å²) in [4.78, 5) is 21.2. The molecule has 170 valence electrons. The van der Waals surface area contributed by atoms with Gasteiger partial charge in [0.15, 0.2) is 14.1 Å². The van der Waals surface area contributed by atoms with E-state index in [9.17, 15) is 9.90 Å². The smallest absolute Gasteiger partial charge is 0.315 e. The van der Waals surface area contributed by atoms with Gasteiger partial charge in [-0.2, -0.15) is 0 Å². The molecule has 0 unspecified atom stereocenters. The lowest BCUT2D eigenvalue weighted by Gasteiger charge is -2.44. The van der Waals surface area contributed by atoms with Crippen LogP contribution >= 0.6 is 0 Å². The highest BCUT2D eigenvalue weighted by Gasteiger charge is 2.51. The number of halogens is 1. The minimum Gasteiger partial charge on any atom is -0.481 e. The third kappa shape index (κ3) is 4.32. The number of hydrogen-bond acceptors (Lipinski definition) is 4.